The molecule has 2 heterocycles. The molecule has 124 valence electrons. The van der Waals surface area contributed by atoms with E-state index >= 15 is 0 Å². The van der Waals surface area contributed by atoms with Crippen LogP contribution in [-0.2, 0) is 6.42 Å². The summed E-state index contributed by atoms with van der Waals surface area (Å²) in [5.74, 6) is 0.157. The molecule has 6 heteroatoms. The topological polar surface area (TPSA) is 82.6 Å². The number of aliphatic hydroxyl groups excluding tert-OH is 1. The van der Waals surface area contributed by atoms with Gasteiger partial charge in [0.25, 0.3) is 0 Å². The van der Waals surface area contributed by atoms with Crippen LogP contribution in [0.4, 0.5) is 17.1 Å². The third-order valence-electron chi connectivity index (χ3n) is 4.20. The molecule has 0 unspecified atom stereocenters. The molecule has 4 N–H and O–H groups in total. The van der Waals surface area contributed by atoms with Crippen LogP contribution >= 0.6 is 0 Å². The molecule has 0 atom stereocenters. The van der Waals surface area contributed by atoms with Gasteiger partial charge in [-0.15, -0.1) is 5.53 Å². The monoisotopic (exact) mass is 324 g/mol. The van der Waals surface area contributed by atoms with Gasteiger partial charge in [0.2, 0.25) is 5.88 Å². The lowest BCUT2D eigenvalue weighted by molar-refractivity contribution is 0.389. The molecule has 0 spiro atoms. The molecule has 2 aromatic rings. The smallest absolute Gasteiger partial charge is 0.235 e. The molecule has 24 heavy (non-hydrogen) atoms. The van der Waals surface area contributed by atoms with Crippen molar-refractivity contribution in [3.8, 4) is 0 Å². The van der Waals surface area contributed by atoms with Crippen LogP contribution in [0.5, 0.6) is 0 Å². The van der Waals surface area contributed by atoms with Crippen molar-refractivity contribution in [1.29, 1.82) is 0 Å². The van der Waals surface area contributed by atoms with Gasteiger partial charge in [-0.25, -0.2) is 15.0 Å². The fourth-order valence-electron chi connectivity index (χ4n) is 2.94. The lowest BCUT2D eigenvalue weighted by Gasteiger charge is -2.27. The van der Waals surface area contributed by atoms with E-state index in [0.29, 0.717) is 5.70 Å². The summed E-state index contributed by atoms with van der Waals surface area (Å²) in [6, 6.07) is 16.0. The summed E-state index contributed by atoms with van der Waals surface area (Å²) in [4.78, 5) is 4.58. The zero-order chi connectivity index (χ0) is 16.0. The first-order valence-corrected chi connectivity index (χ1v) is 7.72. The van der Waals surface area contributed by atoms with E-state index in [0.717, 1.165) is 29.2 Å². The Hall–Kier alpha value is -2.83. The molecule has 0 saturated carbocycles. The van der Waals surface area contributed by atoms with E-state index in [1.165, 1.54) is 5.56 Å². The van der Waals surface area contributed by atoms with Gasteiger partial charge in [-0.05, 0) is 43.2 Å². The van der Waals surface area contributed by atoms with Gasteiger partial charge in [-0.3, -0.25) is 0 Å². The fraction of sp³-hybridized carbons (Fsp3) is 0.167. The van der Waals surface area contributed by atoms with Gasteiger partial charge in [0.05, 0.1) is 22.8 Å². The van der Waals surface area contributed by atoms with Gasteiger partial charge in [-0.1, -0.05) is 31.2 Å². The number of aliphatic hydroxyl groups is 1. The molecule has 0 radical (unpaired) electrons. The van der Waals surface area contributed by atoms with E-state index in [1.54, 1.807) is 5.01 Å². The predicted molar refractivity (Wildman–Crippen MR) is 96.4 cm³/mol. The molecule has 2 aliphatic heterocycles. The third-order valence-corrected chi connectivity index (χ3v) is 4.20. The zero-order valence-corrected chi connectivity index (χ0v) is 13.6. The normalized spacial score (nSPS) is 15.7. The quantitative estimate of drug-likeness (QED) is 0.889. The molecule has 6 nitrogen and oxygen atoms in total. The molecule has 2 aliphatic rings. The number of hydrogen-bond acceptors (Lipinski definition) is 5. The van der Waals surface area contributed by atoms with Crippen molar-refractivity contribution < 1.29 is 10.6 Å². The maximum atomic E-state index is 10.7. The van der Waals surface area contributed by atoms with Crippen LogP contribution in [0.25, 0.3) is 0 Å². The SMILES string of the molecule is CCc1ccc(N2NN3C(=C2O)C(C)=Nc2ccccc23)cc1.O. The zero-order valence-electron chi connectivity index (χ0n) is 13.6. The second kappa shape index (κ2) is 5.99. The van der Waals surface area contributed by atoms with E-state index in [2.05, 4.69) is 29.6 Å². The highest BCUT2D eigenvalue weighted by Gasteiger charge is 2.36. The molecular formula is C18H20N4O2. The number of nitrogens with one attached hydrogen (secondary N) is 1. The van der Waals surface area contributed by atoms with Gasteiger partial charge in [0.1, 0.15) is 5.70 Å². The first kappa shape index (κ1) is 16.0. The van der Waals surface area contributed by atoms with Gasteiger partial charge >= 0.3 is 0 Å². The van der Waals surface area contributed by atoms with Crippen molar-refractivity contribution in [2.75, 3.05) is 10.0 Å². The lowest BCUT2D eigenvalue weighted by atomic mass is 10.1. The Labute approximate surface area is 140 Å². The predicted octanol–water partition coefficient (Wildman–Crippen LogP) is 3.00. The molecule has 0 aliphatic carbocycles. The molecule has 0 fully saturated rings. The molecule has 0 aromatic heterocycles. The largest absolute Gasteiger partial charge is 0.492 e. The van der Waals surface area contributed by atoms with Crippen LogP contribution in [0.2, 0.25) is 0 Å². The Bertz CT molecular complexity index is 827. The van der Waals surface area contributed by atoms with Crippen LogP contribution in [0.15, 0.2) is 65.1 Å². The second-order valence-corrected chi connectivity index (χ2v) is 5.65. The van der Waals surface area contributed by atoms with Crippen molar-refractivity contribution in [3.63, 3.8) is 0 Å². The van der Waals surface area contributed by atoms with Gasteiger partial charge in [0.15, 0.2) is 0 Å². The number of benzene rings is 2. The van der Waals surface area contributed by atoms with Crippen molar-refractivity contribution in [1.82, 2.24) is 5.53 Å². The number of rotatable bonds is 2. The maximum Gasteiger partial charge on any atom is 0.235 e. The summed E-state index contributed by atoms with van der Waals surface area (Å²) in [6.45, 7) is 4.03. The first-order valence-electron chi connectivity index (χ1n) is 7.72. The Morgan fingerprint density at radius 1 is 1.04 bits per heavy atom. The van der Waals surface area contributed by atoms with Crippen molar-refractivity contribution in [2.24, 2.45) is 4.99 Å². The summed E-state index contributed by atoms with van der Waals surface area (Å²) in [5.41, 5.74) is 8.66. The Balaban J connectivity index is 0.00000169. The van der Waals surface area contributed by atoms with Crippen LogP contribution in [0, 0.1) is 0 Å². The number of hydrazine groups is 2. The minimum absolute atomic E-state index is 0. The van der Waals surface area contributed by atoms with Crippen LogP contribution in [0.3, 0.4) is 0 Å². The van der Waals surface area contributed by atoms with Crippen molar-refractivity contribution in [2.45, 2.75) is 20.3 Å². The Morgan fingerprint density at radius 3 is 2.46 bits per heavy atom. The standard InChI is InChI=1S/C18H18N4O.H2O/c1-3-13-8-10-14(11-9-13)21-18(23)17-12(2)19-15-6-4-5-7-16(15)22(17)20-21;/h4-11,20,23H,3H2,1-2H3;1H2. The number of aryl methyl sites for hydroxylation is 1. The Kier molecular flexibility index (Phi) is 4.01. The van der Waals surface area contributed by atoms with Crippen molar-refractivity contribution >= 4 is 22.8 Å². The van der Waals surface area contributed by atoms with E-state index in [-0.39, 0.29) is 11.4 Å². The number of allylic oxidation sites excluding steroid dienone is 1. The Morgan fingerprint density at radius 2 is 1.75 bits per heavy atom. The fourth-order valence-corrected chi connectivity index (χ4v) is 2.94. The summed E-state index contributed by atoms with van der Waals surface area (Å²) in [5, 5.41) is 14.2. The molecule has 2 aromatic carbocycles. The summed E-state index contributed by atoms with van der Waals surface area (Å²) < 4.78 is 0. The summed E-state index contributed by atoms with van der Waals surface area (Å²) in [6.07, 6.45) is 0.992. The van der Waals surface area contributed by atoms with Crippen LogP contribution < -0.4 is 15.6 Å². The van der Waals surface area contributed by atoms with Gasteiger partial charge in [0, 0.05) is 0 Å². The van der Waals surface area contributed by atoms with E-state index < -0.39 is 0 Å². The summed E-state index contributed by atoms with van der Waals surface area (Å²) >= 11 is 0. The number of aliphatic imine (C=N–C) groups is 1. The highest BCUT2D eigenvalue weighted by molar-refractivity contribution is 6.07. The van der Waals surface area contributed by atoms with Gasteiger partial charge in [-0.2, -0.15) is 0 Å². The van der Waals surface area contributed by atoms with Gasteiger partial charge < -0.3 is 10.6 Å². The molecule has 0 amide bonds. The van der Waals surface area contributed by atoms with Crippen LogP contribution in [0.1, 0.15) is 19.4 Å². The maximum absolute atomic E-state index is 10.7. The highest BCUT2D eigenvalue weighted by Crippen LogP contribution is 2.39. The summed E-state index contributed by atoms with van der Waals surface area (Å²) in [7, 11) is 0. The second-order valence-electron chi connectivity index (χ2n) is 5.65. The first-order chi connectivity index (χ1) is 11.2. The van der Waals surface area contributed by atoms with E-state index in [9.17, 15) is 5.11 Å². The lowest BCUT2D eigenvalue weighted by Crippen LogP contribution is -2.43. The molecule has 4 rings (SSSR count). The number of hydrogen-bond donors (Lipinski definition) is 2. The van der Waals surface area contributed by atoms with E-state index in [1.807, 2.05) is 48.3 Å². The van der Waals surface area contributed by atoms with Crippen LogP contribution in [-0.4, -0.2) is 16.3 Å². The average Bonchev–Trinajstić information content (AvgIpc) is 2.93. The molecule has 0 saturated heterocycles. The highest BCUT2D eigenvalue weighted by atomic mass is 16.3. The molecule has 0 bridgehead atoms. The van der Waals surface area contributed by atoms with Crippen molar-refractivity contribution in [3.05, 3.63) is 65.7 Å². The number of anilines is 2. The van der Waals surface area contributed by atoms with E-state index in [4.69, 9.17) is 0 Å². The average molecular weight is 324 g/mol. The minimum Gasteiger partial charge on any atom is -0.492 e. The number of para-hydroxylation sites is 2. The minimum atomic E-state index is 0. The molecular weight excluding hydrogens is 304 g/mol. The number of fused-ring (bicyclic) bond motifs is 3. The third kappa shape index (κ3) is 2.33. The number of nitrogens with zero attached hydrogens (tertiary/aromatic N) is 3.